The van der Waals surface area contributed by atoms with Crippen molar-refractivity contribution in [3.8, 4) is 0 Å². The zero-order valence-electron chi connectivity index (χ0n) is 17.2. The number of esters is 2. The van der Waals surface area contributed by atoms with E-state index in [2.05, 4.69) is 0 Å². The monoisotopic (exact) mass is 464 g/mol. The summed E-state index contributed by atoms with van der Waals surface area (Å²) >= 11 is 0. The van der Waals surface area contributed by atoms with Gasteiger partial charge in [-0.05, 0) is 30.7 Å². The third-order valence-corrected chi connectivity index (χ3v) is 4.76. The van der Waals surface area contributed by atoms with Crippen molar-refractivity contribution in [2.24, 2.45) is 0 Å². The maximum atomic E-state index is 14.7. The average Bonchev–Trinajstić information content (AvgIpc) is 3.07. The van der Waals surface area contributed by atoms with E-state index in [-0.39, 0.29) is 28.1 Å². The van der Waals surface area contributed by atoms with Crippen molar-refractivity contribution in [2.45, 2.75) is 31.8 Å². The van der Waals surface area contributed by atoms with Gasteiger partial charge < -0.3 is 18.9 Å². The van der Waals surface area contributed by atoms with Crippen molar-refractivity contribution in [3.05, 3.63) is 79.4 Å². The van der Waals surface area contributed by atoms with E-state index in [0.717, 1.165) is 43.5 Å². The minimum atomic E-state index is -2.02. The summed E-state index contributed by atoms with van der Waals surface area (Å²) in [6.07, 6.45) is -6.92. The van der Waals surface area contributed by atoms with Gasteiger partial charge in [-0.2, -0.15) is 0 Å². The molecule has 4 atom stereocenters. The van der Waals surface area contributed by atoms with Crippen LogP contribution in [0.1, 0.15) is 26.3 Å². The summed E-state index contributed by atoms with van der Waals surface area (Å²) in [5.74, 6) is -2.03. The van der Waals surface area contributed by atoms with E-state index in [1.807, 2.05) is 0 Å². The number of carbonyl (C=O) groups is 2. The molecule has 0 N–H and O–H groups in total. The highest BCUT2D eigenvalue weighted by Crippen LogP contribution is 2.30. The summed E-state index contributed by atoms with van der Waals surface area (Å²) in [7, 11) is 1.14. The van der Waals surface area contributed by atoms with E-state index < -0.39 is 46.6 Å². The van der Waals surface area contributed by atoms with Gasteiger partial charge in [0.05, 0.1) is 21.0 Å². The van der Waals surface area contributed by atoms with Crippen LogP contribution in [-0.4, -0.2) is 53.8 Å². The predicted octanol–water partition coefficient (Wildman–Crippen LogP) is 2.86. The number of hydrogen-bond donors (Lipinski definition) is 0. The maximum absolute atomic E-state index is 14.7. The predicted molar refractivity (Wildman–Crippen MR) is 106 cm³/mol. The van der Waals surface area contributed by atoms with Crippen LogP contribution >= 0.6 is 0 Å². The summed E-state index contributed by atoms with van der Waals surface area (Å²) in [6.45, 7) is 1.45. The van der Waals surface area contributed by atoms with E-state index in [1.54, 1.807) is 0 Å². The van der Waals surface area contributed by atoms with E-state index in [0.29, 0.717) is 0 Å². The Morgan fingerprint density at radius 3 is 2.09 bits per heavy atom. The Kier molecular flexibility index (Phi) is 6.94. The largest absolute Gasteiger partial charge is 0.449 e. The van der Waals surface area contributed by atoms with E-state index in [1.165, 1.54) is 13.0 Å². The summed E-state index contributed by atoms with van der Waals surface area (Å²) in [5.41, 5.74) is -0.416. The first-order valence-electron chi connectivity index (χ1n) is 9.36. The Bertz CT molecular complexity index is 1090. The normalized spacial score (nSPS) is 21.9. The third kappa shape index (κ3) is 5.10. The molecule has 0 aromatic heterocycles. The van der Waals surface area contributed by atoms with Crippen LogP contribution in [0, 0.1) is 27.2 Å². The Hall–Kier alpha value is -3.97. The smallest absolute Gasteiger partial charge is 0.340 e. The highest BCUT2D eigenvalue weighted by Gasteiger charge is 2.50. The van der Waals surface area contributed by atoms with Crippen molar-refractivity contribution >= 4 is 23.3 Å². The summed E-state index contributed by atoms with van der Waals surface area (Å²) in [5, 5.41) is 21.6. The SMILES string of the molecule is COC1O[C@H](OC(=O)c2ccc([N+](=O)[O-])cc2C)[C@@H](OC(=O)c2ccc([N+](=O)[O-])cc2)[C@@H]1F. The van der Waals surface area contributed by atoms with Crippen LogP contribution in [0.2, 0.25) is 0 Å². The van der Waals surface area contributed by atoms with Crippen LogP contribution < -0.4 is 0 Å². The number of carbonyl (C=O) groups excluding carboxylic acids is 2. The quantitative estimate of drug-likeness (QED) is 0.339. The van der Waals surface area contributed by atoms with Gasteiger partial charge in [0.1, 0.15) is 0 Å². The van der Waals surface area contributed by atoms with Gasteiger partial charge in [-0.15, -0.1) is 0 Å². The Balaban J connectivity index is 1.77. The lowest BCUT2D eigenvalue weighted by molar-refractivity contribution is -0.385. The Morgan fingerprint density at radius 2 is 1.55 bits per heavy atom. The molecule has 0 saturated carbocycles. The van der Waals surface area contributed by atoms with Crippen molar-refractivity contribution in [3.63, 3.8) is 0 Å². The molecule has 1 saturated heterocycles. The molecule has 1 aliphatic heterocycles. The molecule has 0 bridgehead atoms. The fourth-order valence-electron chi connectivity index (χ4n) is 3.06. The van der Waals surface area contributed by atoms with Crippen LogP contribution in [-0.2, 0) is 18.9 Å². The van der Waals surface area contributed by atoms with Gasteiger partial charge in [0.25, 0.3) is 11.4 Å². The molecule has 33 heavy (non-hydrogen) atoms. The van der Waals surface area contributed by atoms with Gasteiger partial charge >= 0.3 is 11.9 Å². The lowest BCUT2D eigenvalue weighted by Crippen LogP contribution is -2.37. The number of benzene rings is 2. The van der Waals surface area contributed by atoms with Gasteiger partial charge in [-0.25, -0.2) is 14.0 Å². The Labute approximate surface area is 185 Å². The van der Waals surface area contributed by atoms with Crippen LogP contribution in [0.3, 0.4) is 0 Å². The third-order valence-electron chi connectivity index (χ3n) is 4.76. The number of alkyl halides is 1. The highest BCUT2D eigenvalue weighted by atomic mass is 19.1. The number of methoxy groups -OCH3 is 1. The number of aryl methyl sites for hydroxylation is 1. The molecular weight excluding hydrogens is 447 g/mol. The van der Waals surface area contributed by atoms with Crippen molar-refractivity contribution in [1.29, 1.82) is 0 Å². The van der Waals surface area contributed by atoms with E-state index in [4.69, 9.17) is 18.9 Å². The molecule has 1 fully saturated rings. The molecular formula is C20H17FN2O10. The first kappa shape index (κ1) is 23.7. The first-order valence-corrected chi connectivity index (χ1v) is 9.36. The summed E-state index contributed by atoms with van der Waals surface area (Å²) in [6, 6.07) is 7.82. The molecule has 2 aromatic rings. The summed E-state index contributed by atoms with van der Waals surface area (Å²) < 4.78 is 35.1. The highest BCUT2D eigenvalue weighted by molar-refractivity contribution is 5.92. The van der Waals surface area contributed by atoms with E-state index >= 15 is 0 Å². The molecule has 174 valence electrons. The first-order chi connectivity index (χ1) is 15.6. The second-order valence-corrected chi connectivity index (χ2v) is 6.89. The average molecular weight is 464 g/mol. The van der Waals surface area contributed by atoms with Gasteiger partial charge in [0, 0.05) is 31.4 Å². The molecule has 1 unspecified atom stereocenters. The molecule has 0 amide bonds. The number of hydrogen-bond acceptors (Lipinski definition) is 10. The zero-order chi connectivity index (χ0) is 24.3. The van der Waals surface area contributed by atoms with Crippen LogP contribution in [0.25, 0.3) is 0 Å². The van der Waals surface area contributed by atoms with Gasteiger partial charge in [0.15, 0.2) is 12.5 Å². The molecule has 13 heteroatoms. The second-order valence-electron chi connectivity index (χ2n) is 6.89. The zero-order valence-corrected chi connectivity index (χ0v) is 17.2. The van der Waals surface area contributed by atoms with Crippen LogP contribution in [0.15, 0.2) is 42.5 Å². The van der Waals surface area contributed by atoms with E-state index in [9.17, 15) is 34.2 Å². The van der Waals surface area contributed by atoms with Crippen molar-refractivity contribution < 1.29 is 42.8 Å². The van der Waals surface area contributed by atoms with Crippen molar-refractivity contribution in [2.75, 3.05) is 7.11 Å². The van der Waals surface area contributed by atoms with Crippen LogP contribution in [0.4, 0.5) is 15.8 Å². The number of rotatable bonds is 7. The number of non-ortho nitro benzene ring substituents is 2. The Morgan fingerprint density at radius 1 is 0.939 bits per heavy atom. The lowest BCUT2D eigenvalue weighted by atomic mass is 10.1. The number of nitro benzene ring substituents is 2. The maximum Gasteiger partial charge on any atom is 0.340 e. The topological polar surface area (TPSA) is 157 Å². The minimum Gasteiger partial charge on any atom is -0.449 e. The molecule has 0 radical (unpaired) electrons. The number of ether oxygens (including phenoxy) is 4. The van der Waals surface area contributed by atoms with Crippen LogP contribution in [0.5, 0.6) is 0 Å². The number of nitrogens with zero attached hydrogens (tertiary/aromatic N) is 2. The molecule has 0 aliphatic carbocycles. The minimum absolute atomic E-state index is 0.0408. The number of nitro groups is 2. The molecule has 1 aliphatic rings. The molecule has 12 nitrogen and oxygen atoms in total. The standard InChI is InChI=1S/C20H17FN2O10/c1-10-9-13(23(28)29)7-8-14(10)18(25)32-20-16(15(21)19(30-2)33-20)31-17(24)11-3-5-12(6-4-11)22(26)27/h3-9,15-16,19-20H,1-2H3/t15-,16-,19?,20-/m0/s1. The lowest BCUT2D eigenvalue weighted by Gasteiger charge is -2.20. The van der Waals surface area contributed by atoms with Gasteiger partial charge in [0.2, 0.25) is 12.4 Å². The molecule has 2 aromatic carbocycles. The number of halogens is 1. The molecule has 0 spiro atoms. The fraction of sp³-hybridized carbons (Fsp3) is 0.300. The molecule has 1 heterocycles. The molecule has 3 rings (SSSR count). The van der Waals surface area contributed by atoms with Gasteiger partial charge in [-0.1, -0.05) is 0 Å². The second kappa shape index (κ2) is 9.67. The van der Waals surface area contributed by atoms with Crippen molar-refractivity contribution in [1.82, 2.24) is 0 Å². The summed E-state index contributed by atoms with van der Waals surface area (Å²) in [4.78, 5) is 45.3. The fourth-order valence-corrected chi connectivity index (χ4v) is 3.06. The van der Waals surface area contributed by atoms with Gasteiger partial charge in [-0.3, -0.25) is 20.2 Å².